The third kappa shape index (κ3) is 6.41. The van der Waals surface area contributed by atoms with Gasteiger partial charge in [0.25, 0.3) is 0 Å². The highest BCUT2D eigenvalue weighted by molar-refractivity contribution is 5.84. The van der Waals surface area contributed by atoms with Crippen LogP contribution in [-0.2, 0) is 4.74 Å². The maximum atomic E-state index is 14.3. The Bertz CT molecular complexity index is 842. The van der Waals surface area contributed by atoms with Gasteiger partial charge < -0.3 is 9.47 Å². The molecule has 158 valence electrons. The fourth-order valence-corrected chi connectivity index (χ4v) is 3.07. The van der Waals surface area contributed by atoms with Gasteiger partial charge >= 0.3 is 6.09 Å². The van der Waals surface area contributed by atoms with Crippen molar-refractivity contribution in [3.8, 4) is 17.0 Å². The number of methoxy groups -OCH3 is 1. The van der Waals surface area contributed by atoms with Crippen molar-refractivity contribution in [2.24, 2.45) is 17.8 Å². The summed E-state index contributed by atoms with van der Waals surface area (Å²) < 4.78 is 24.8. The summed E-state index contributed by atoms with van der Waals surface area (Å²) in [5.74, 6) is 1.97. The van der Waals surface area contributed by atoms with Gasteiger partial charge in [0.1, 0.15) is 11.6 Å². The Morgan fingerprint density at radius 1 is 1.21 bits per heavy atom. The predicted molar refractivity (Wildman–Crippen MR) is 111 cm³/mol. The zero-order chi connectivity index (χ0) is 21.6. The molecule has 2 heterocycles. The maximum Gasteiger partial charge on any atom is 0.412 e. The van der Waals surface area contributed by atoms with E-state index >= 15 is 0 Å². The van der Waals surface area contributed by atoms with E-state index in [9.17, 15) is 9.18 Å². The van der Waals surface area contributed by atoms with Crippen LogP contribution in [-0.4, -0.2) is 29.8 Å². The van der Waals surface area contributed by atoms with Crippen LogP contribution in [0, 0.1) is 30.5 Å². The van der Waals surface area contributed by atoms with Gasteiger partial charge in [-0.2, -0.15) is 0 Å². The number of aromatic nitrogens is 2. The van der Waals surface area contributed by atoms with Gasteiger partial charge in [0, 0.05) is 5.56 Å². The molecule has 2 atom stereocenters. The summed E-state index contributed by atoms with van der Waals surface area (Å²) in [6.07, 6.45) is 1.52. The second kappa shape index (κ2) is 10.2. The largest absolute Gasteiger partial charge is 0.491 e. The van der Waals surface area contributed by atoms with E-state index in [4.69, 9.17) is 4.74 Å². The lowest BCUT2D eigenvalue weighted by molar-refractivity contribution is 0.187. The van der Waals surface area contributed by atoms with Gasteiger partial charge in [-0.1, -0.05) is 27.7 Å². The molecule has 0 aromatic carbocycles. The molecule has 0 aliphatic rings. The first kappa shape index (κ1) is 22.6. The number of carbonyl (C=O) groups excluding carboxylic acids is 1. The highest BCUT2D eigenvalue weighted by Crippen LogP contribution is 2.27. The number of anilines is 1. The van der Waals surface area contributed by atoms with Crippen molar-refractivity contribution in [2.45, 2.75) is 41.0 Å². The minimum Gasteiger partial charge on any atom is -0.491 e. The first-order chi connectivity index (χ1) is 13.7. The molecule has 0 bridgehead atoms. The second-order valence-corrected chi connectivity index (χ2v) is 7.84. The number of carbonyl (C=O) groups is 1. The van der Waals surface area contributed by atoms with Crippen molar-refractivity contribution in [3.05, 3.63) is 35.9 Å². The van der Waals surface area contributed by atoms with Crippen molar-refractivity contribution < 1.29 is 18.7 Å². The van der Waals surface area contributed by atoms with Gasteiger partial charge in [-0.3, -0.25) is 5.32 Å². The first-order valence-corrected chi connectivity index (χ1v) is 9.82. The van der Waals surface area contributed by atoms with Gasteiger partial charge in [0.2, 0.25) is 0 Å². The van der Waals surface area contributed by atoms with Crippen LogP contribution >= 0.6 is 0 Å². The van der Waals surface area contributed by atoms with E-state index in [1.807, 2.05) is 6.92 Å². The van der Waals surface area contributed by atoms with Crippen molar-refractivity contribution in [1.29, 1.82) is 0 Å². The molecule has 0 aliphatic heterocycles. The van der Waals surface area contributed by atoms with Crippen LogP contribution in [0.3, 0.4) is 0 Å². The molecule has 29 heavy (non-hydrogen) atoms. The molecular formula is C22H30FN3O3. The summed E-state index contributed by atoms with van der Waals surface area (Å²) in [7, 11) is 1.24. The minimum atomic E-state index is -0.677. The Morgan fingerprint density at radius 3 is 2.55 bits per heavy atom. The van der Waals surface area contributed by atoms with Crippen molar-refractivity contribution >= 4 is 11.9 Å². The SMILES string of the molecule is COC(=O)Nc1cc(-c2ccc(OCC(C)C(C)CC(C)C)c(C)n2)c(F)cn1. The number of hydrogen-bond donors (Lipinski definition) is 1. The summed E-state index contributed by atoms with van der Waals surface area (Å²) in [5, 5.41) is 2.42. The zero-order valence-corrected chi connectivity index (χ0v) is 18.0. The molecule has 6 nitrogen and oxygen atoms in total. The Labute approximate surface area is 171 Å². The number of aryl methyl sites for hydroxylation is 1. The van der Waals surface area contributed by atoms with Crippen LogP contribution in [0.25, 0.3) is 11.3 Å². The fourth-order valence-electron chi connectivity index (χ4n) is 3.07. The zero-order valence-electron chi connectivity index (χ0n) is 18.0. The number of nitrogens with one attached hydrogen (secondary N) is 1. The van der Waals surface area contributed by atoms with Crippen molar-refractivity contribution in [1.82, 2.24) is 9.97 Å². The fraction of sp³-hybridized carbons (Fsp3) is 0.500. The van der Waals surface area contributed by atoms with Crippen LogP contribution in [0.5, 0.6) is 5.75 Å². The highest BCUT2D eigenvalue weighted by atomic mass is 19.1. The molecule has 2 unspecified atom stereocenters. The highest BCUT2D eigenvalue weighted by Gasteiger charge is 2.16. The van der Waals surface area contributed by atoms with E-state index in [0.717, 1.165) is 12.6 Å². The lowest BCUT2D eigenvalue weighted by atomic mass is 9.89. The molecule has 7 heteroatoms. The Morgan fingerprint density at radius 2 is 1.93 bits per heavy atom. The van der Waals surface area contributed by atoms with E-state index in [-0.39, 0.29) is 11.4 Å². The molecule has 0 radical (unpaired) electrons. The normalized spacial score (nSPS) is 13.1. The molecule has 0 spiro atoms. The number of ether oxygens (including phenoxy) is 2. The summed E-state index contributed by atoms with van der Waals surface area (Å²) in [6.45, 7) is 11.3. The predicted octanol–water partition coefficient (Wildman–Crippen LogP) is 5.47. The number of halogens is 1. The van der Waals surface area contributed by atoms with E-state index in [1.165, 1.54) is 13.2 Å². The third-order valence-corrected chi connectivity index (χ3v) is 4.90. The molecule has 2 aromatic heterocycles. The van der Waals surface area contributed by atoms with E-state index in [0.29, 0.717) is 41.5 Å². The molecular weight excluding hydrogens is 373 g/mol. The molecule has 2 aromatic rings. The number of hydrogen-bond acceptors (Lipinski definition) is 5. The van der Waals surface area contributed by atoms with Crippen molar-refractivity contribution in [3.63, 3.8) is 0 Å². The van der Waals surface area contributed by atoms with Gasteiger partial charge in [-0.15, -0.1) is 0 Å². The summed E-state index contributed by atoms with van der Waals surface area (Å²) >= 11 is 0. The summed E-state index contributed by atoms with van der Waals surface area (Å²) in [4.78, 5) is 19.7. The Balaban J connectivity index is 2.13. The number of nitrogens with zero attached hydrogens (tertiary/aromatic N) is 2. The third-order valence-electron chi connectivity index (χ3n) is 4.90. The molecule has 0 saturated heterocycles. The Hall–Kier alpha value is -2.70. The minimum absolute atomic E-state index is 0.181. The van der Waals surface area contributed by atoms with E-state index in [2.05, 4.69) is 47.7 Å². The number of pyridine rings is 2. The van der Waals surface area contributed by atoms with Crippen LogP contribution in [0.2, 0.25) is 0 Å². The molecule has 0 fully saturated rings. The standard InChI is InChI=1S/C22H30FN3O3/c1-13(2)9-14(3)15(4)12-29-20-8-7-19(25-16(20)5)17-10-21(24-11-18(17)23)26-22(27)28-6/h7-8,10-11,13-15H,9,12H2,1-6H3,(H,24,26,27). The van der Waals surface area contributed by atoms with E-state index < -0.39 is 11.9 Å². The first-order valence-electron chi connectivity index (χ1n) is 9.82. The van der Waals surface area contributed by atoms with E-state index in [1.54, 1.807) is 12.1 Å². The number of amides is 1. The van der Waals surface area contributed by atoms with Crippen LogP contribution in [0.1, 0.15) is 39.8 Å². The smallest absolute Gasteiger partial charge is 0.412 e. The quantitative estimate of drug-likeness (QED) is 0.633. The van der Waals surface area contributed by atoms with Crippen LogP contribution in [0.15, 0.2) is 24.4 Å². The summed E-state index contributed by atoms with van der Waals surface area (Å²) in [6, 6.07) is 4.92. The molecule has 0 aliphatic carbocycles. The maximum absolute atomic E-state index is 14.3. The van der Waals surface area contributed by atoms with Crippen LogP contribution in [0.4, 0.5) is 15.0 Å². The molecule has 0 saturated carbocycles. The monoisotopic (exact) mass is 403 g/mol. The summed E-state index contributed by atoms with van der Waals surface area (Å²) in [5.41, 5.74) is 1.34. The Kier molecular flexibility index (Phi) is 7.93. The molecule has 1 N–H and O–H groups in total. The molecule has 2 rings (SSSR count). The van der Waals surface area contributed by atoms with Gasteiger partial charge in [-0.05, 0) is 49.3 Å². The van der Waals surface area contributed by atoms with Crippen LogP contribution < -0.4 is 10.1 Å². The molecule has 1 amide bonds. The van der Waals surface area contributed by atoms with Crippen molar-refractivity contribution in [2.75, 3.05) is 19.0 Å². The average molecular weight is 403 g/mol. The van der Waals surface area contributed by atoms with Gasteiger partial charge in [0.05, 0.1) is 31.3 Å². The topological polar surface area (TPSA) is 73.3 Å². The van der Waals surface area contributed by atoms with Gasteiger partial charge in [-0.25, -0.2) is 19.2 Å². The number of rotatable bonds is 8. The second-order valence-electron chi connectivity index (χ2n) is 7.84. The lowest BCUT2D eigenvalue weighted by Crippen LogP contribution is -2.18. The van der Waals surface area contributed by atoms with Gasteiger partial charge in [0.15, 0.2) is 5.82 Å². The average Bonchev–Trinajstić information content (AvgIpc) is 2.67. The lowest BCUT2D eigenvalue weighted by Gasteiger charge is -2.22.